The van der Waals surface area contributed by atoms with Crippen LogP contribution in [-0.4, -0.2) is 24.5 Å². The molecule has 0 saturated carbocycles. The zero-order valence-corrected chi connectivity index (χ0v) is 13.4. The van der Waals surface area contributed by atoms with E-state index in [0.29, 0.717) is 13.0 Å². The van der Waals surface area contributed by atoms with Crippen LogP contribution in [0.3, 0.4) is 0 Å². The van der Waals surface area contributed by atoms with Crippen molar-refractivity contribution in [1.82, 2.24) is 10.3 Å². The van der Waals surface area contributed by atoms with Gasteiger partial charge in [-0.2, -0.15) is 0 Å². The Bertz CT molecular complexity index is 622. The molecule has 0 aliphatic heterocycles. The third-order valence-electron chi connectivity index (χ3n) is 3.17. The molecular formula is C16H20N2O2S. The number of amides is 1. The number of rotatable bonds is 6. The molecule has 2 rings (SSSR count). The van der Waals surface area contributed by atoms with Crippen LogP contribution in [0.25, 0.3) is 0 Å². The van der Waals surface area contributed by atoms with Gasteiger partial charge < -0.3 is 10.1 Å². The predicted molar refractivity (Wildman–Crippen MR) is 85.0 cm³/mol. The molecule has 1 aromatic heterocycles. The summed E-state index contributed by atoms with van der Waals surface area (Å²) in [4.78, 5) is 17.6. The van der Waals surface area contributed by atoms with Gasteiger partial charge in [-0.1, -0.05) is 12.1 Å². The van der Waals surface area contributed by atoms with Gasteiger partial charge in [-0.15, -0.1) is 11.3 Å². The van der Waals surface area contributed by atoms with Gasteiger partial charge in [-0.25, -0.2) is 4.98 Å². The maximum atomic E-state index is 11.9. The van der Waals surface area contributed by atoms with E-state index < -0.39 is 0 Å². The first-order chi connectivity index (χ1) is 10.1. The lowest BCUT2D eigenvalue weighted by molar-refractivity contribution is -0.120. The Balaban J connectivity index is 1.80. The molecule has 0 radical (unpaired) electrons. The van der Waals surface area contributed by atoms with Gasteiger partial charge in [0, 0.05) is 17.8 Å². The lowest BCUT2D eigenvalue weighted by Gasteiger charge is -2.06. The lowest BCUT2D eigenvalue weighted by atomic mass is 10.1. The minimum absolute atomic E-state index is 0.0298. The summed E-state index contributed by atoms with van der Waals surface area (Å²) < 4.78 is 5.15. The average molecular weight is 304 g/mol. The molecule has 0 bridgehead atoms. The summed E-state index contributed by atoms with van der Waals surface area (Å²) in [6.07, 6.45) is 1.21. The number of carbonyl (C=O) groups excluding carboxylic acids is 1. The molecule has 1 aromatic carbocycles. The molecule has 0 fully saturated rings. The molecule has 1 amide bonds. The van der Waals surface area contributed by atoms with E-state index in [9.17, 15) is 4.79 Å². The van der Waals surface area contributed by atoms with E-state index in [2.05, 4.69) is 10.3 Å². The Morgan fingerprint density at radius 3 is 2.86 bits per heavy atom. The van der Waals surface area contributed by atoms with Gasteiger partial charge in [0.2, 0.25) is 5.91 Å². The topological polar surface area (TPSA) is 51.2 Å². The molecule has 0 aliphatic carbocycles. The van der Waals surface area contributed by atoms with E-state index in [0.717, 1.165) is 28.4 Å². The fraction of sp³-hybridized carbons (Fsp3) is 0.375. The van der Waals surface area contributed by atoms with Crippen LogP contribution in [0.5, 0.6) is 5.75 Å². The summed E-state index contributed by atoms with van der Waals surface area (Å²) in [5, 5.41) is 4.03. The number of hydrogen-bond acceptors (Lipinski definition) is 4. The summed E-state index contributed by atoms with van der Waals surface area (Å²) in [7, 11) is 1.62. The van der Waals surface area contributed by atoms with Gasteiger partial charge >= 0.3 is 0 Å². The Hall–Kier alpha value is -1.88. The fourth-order valence-corrected chi connectivity index (χ4v) is 3.09. The standard InChI is InChI=1S/C16H20N2O2S/c1-11-15(21-12(2)18-11)7-8-17-16(19)10-13-5-4-6-14(9-13)20-3/h4-6,9H,7-8,10H2,1-3H3,(H,17,19). The normalized spacial score (nSPS) is 10.4. The average Bonchev–Trinajstić information content (AvgIpc) is 2.77. The van der Waals surface area contributed by atoms with E-state index in [1.54, 1.807) is 18.4 Å². The molecule has 0 atom stereocenters. The number of benzene rings is 1. The quantitative estimate of drug-likeness (QED) is 0.892. The number of aromatic nitrogens is 1. The number of hydrogen-bond donors (Lipinski definition) is 1. The van der Waals surface area contributed by atoms with Gasteiger partial charge in [-0.3, -0.25) is 4.79 Å². The van der Waals surface area contributed by atoms with Crippen molar-refractivity contribution in [2.45, 2.75) is 26.7 Å². The van der Waals surface area contributed by atoms with Crippen molar-refractivity contribution in [3.8, 4) is 5.75 Å². The molecule has 5 heteroatoms. The second-order valence-corrected chi connectivity index (χ2v) is 6.16. The van der Waals surface area contributed by atoms with Crippen molar-refractivity contribution in [2.24, 2.45) is 0 Å². The van der Waals surface area contributed by atoms with Crippen LogP contribution >= 0.6 is 11.3 Å². The summed E-state index contributed by atoms with van der Waals surface area (Å²) in [6, 6.07) is 7.58. The van der Waals surface area contributed by atoms with Crippen molar-refractivity contribution in [3.05, 3.63) is 45.4 Å². The first-order valence-electron chi connectivity index (χ1n) is 6.91. The van der Waals surface area contributed by atoms with Crippen LogP contribution in [0.2, 0.25) is 0 Å². The van der Waals surface area contributed by atoms with E-state index in [-0.39, 0.29) is 5.91 Å². The molecule has 2 aromatic rings. The number of carbonyl (C=O) groups is 1. The Kier molecular flexibility index (Phi) is 5.33. The monoisotopic (exact) mass is 304 g/mol. The van der Waals surface area contributed by atoms with Crippen molar-refractivity contribution >= 4 is 17.2 Å². The lowest BCUT2D eigenvalue weighted by Crippen LogP contribution is -2.27. The van der Waals surface area contributed by atoms with Gasteiger partial charge in [0.15, 0.2) is 0 Å². The Labute approximate surface area is 129 Å². The first kappa shape index (κ1) is 15.5. The minimum atomic E-state index is 0.0298. The number of nitrogens with zero attached hydrogens (tertiary/aromatic N) is 1. The molecule has 0 aliphatic rings. The van der Waals surface area contributed by atoms with Gasteiger partial charge in [-0.05, 0) is 31.5 Å². The third-order valence-corrected chi connectivity index (χ3v) is 4.31. The zero-order valence-electron chi connectivity index (χ0n) is 12.6. The SMILES string of the molecule is COc1cccc(CC(=O)NCCc2sc(C)nc2C)c1. The van der Waals surface area contributed by atoms with Crippen molar-refractivity contribution in [2.75, 3.05) is 13.7 Å². The van der Waals surface area contributed by atoms with Gasteiger partial charge in [0.05, 0.1) is 24.2 Å². The molecular weight excluding hydrogens is 284 g/mol. The molecule has 4 nitrogen and oxygen atoms in total. The molecule has 0 saturated heterocycles. The maximum Gasteiger partial charge on any atom is 0.224 e. The largest absolute Gasteiger partial charge is 0.497 e. The van der Waals surface area contributed by atoms with Crippen molar-refractivity contribution in [1.29, 1.82) is 0 Å². The number of methoxy groups -OCH3 is 1. The highest BCUT2D eigenvalue weighted by Gasteiger charge is 2.07. The van der Waals surface area contributed by atoms with E-state index >= 15 is 0 Å². The van der Waals surface area contributed by atoms with Crippen molar-refractivity contribution < 1.29 is 9.53 Å². The molecule has 1 N–H and O–H groups in total. The highest BCUT2D eigenvalue weighted by Crippen LogP contribution is 2.17. The van der Waals surface area contributed by atoms with Crippen LogP contribution in [0, 0.1) is 13.8 Å². The minimum Gasteiger partial charge on any atom is -0.497 e. The Morgan fingerprint density at radius 2 is 2.19 bits per heavy atom. The smallest absolute Gasteiger partial charge is 0.224 e. The number of thiazole rings is 1. The predicted octanol–water partition coefficient (Wildman–Crippen LogP) is 2.67. The molecule has 0 spiro atoms. The highest BCUT2D eigenvalue weighted by molar-refractivity contribution is 7.11. The van der Waals surface area contributed by atoms with Crippen LogP contribution in [0.1, 0.15) is 21.1 Å². The summed E-state index contributed by atoms with van der Waals surface area (Å²) >= 11 is 1.70. The summed E-state index contributed by atoms with van der Waals surface area (Å²) in [5.41, 5.74) is 2.02. The van der Waals surface area contributed by atoms with Crippen molar-refractivity contribution in [3.63, 3.8) is 0 Å². The highest BCUT2D eigenvalue weighted by atomic mass is 32.1. The second-order valence-electron chi connectivity index (χ2n) is 4.87. The Morgan fingerprint density at radius 1 is 1.38 bits per heavy atom. The third kappa shape index (κ3) is 4.56. The van der Waals surface area contributed by atoms with Crippen LogP contribution in [0.15, 0.2) is 24.3 Å². The number of nitrogens with one attached hydrogen (secondary N) is 1. The van der Waals surface area contributed by atoms with E-state index in [1.807, 2.05) is 38.1 Å². The van der Waals surface area contributed by atoms with Crippen LogP contribution < -0.4 is 10.1 Å². The number of aryl methyl sites for hydroxylation is 2. The molecule has 1 heterocycles. The second kappa shape index (κ2) is 7.22. The van der Waals surface area contributed by atoms with E-state index in [1.165, 1.54) is 4.88 Å². The van der Waals surface area contributed by atoms with Crippen LogP contribution in [0.4, 0.5) is 0 Å². The maximum absolute atomic E-state index is 11.9. The number of ether oxygens (including phenoxy) is 1. The first-order valence-corrected chi connectivity index (χ1v) is 7.72. The summed E-state index contributed by atoms with van der Waals surface area (Å²) in [5.74, 6) is 0.804. The van der Waals surface area contributed by atoms with Gasteiger partial charge in [0.1, 0.15) is 5.75 Å². The molecule has 21 heavy (non-hydrogen) atoms. The fourth-order valence-electron chi connectivity index (χ4n) is 2.15. The van der Waals surface area contributed by atoms with Gasteiger partial charge in [0.25, 0.3) is 0 Å². The van der Waals surface area contributed by atoms with Crippen LogP contribution in [-0.2, 0) is 17.6 Å². The molecule has 112 valence electrons. The summed E-state index contributed by atoms with van der Waals surface area (Å²) in [6.45, 7) is 4.66. The molecule has 0 unspecified atom stereocenters. The zero-order chi connectivity index (χ0) is 15.2. The van der Waals surface area contributed by atoms with E-state index in [4.69, 9.17) is 4.74 Å².